The molecule has 0 aromatic heterocycles. The van der Waals surface area contributed by atoms with Crippen LogP contribution >= 0.6 is 0 Å². The Balaban J connectivity index is 1.55. The van der Waals surface area contributed by atoms with Crippen LogP contribution in [0.15, 0.2) is 83.8 Å². The fraction of sp³-hybridized carbons (Fsp3) is 0.174. The van der Waals surface area contributed by atoms with Crippen molar-refractivity contribution in [1.29, 1.82) is 0 Å². The first-order valence-electron chi connectivity index (χ1n) is 10.2. The van der Waals surface area contributed by atoms with Gasteiger partial charge in [0.15, 0.2) is 0 Å². The Morgan fingerprint density at radius 2 is 1.67 bits per heavy atom. The summed E-state index contributed by atoms with van der Waals surface area (Å²) >= 11 is 0. The van der Waals surface area contributed by atoms with Gasteiger partial charge in [0, 0.05) is 42.5 Å². The van der Waals surface area contributed by atoms with E-state index < -0.39 is 26.9 Å². The summed E-state index contributed by atoms with van der Waals surface area (Å²) in [5, 5.41) is 16.4. The van der Waals surface area contributed by atoms with Gasteiger partial charge in [-0.3, -0.25) is 14.9 Å². The van der Waals surface area contributed by atoms with E-state index in [1.54, 1.807) is 25.1 Å². The number of hydrogen-bond acceptors (Lipinski definition) is 6. The summed E-state index contributed by atoms with van der Waals surface area (Å²) in [6.45, 7) is 2.41. The van der Waals surface area contributed by atoms with Crippen LogP contribution in [0.2, 0.25) is 0 Å². The summed E-state index contributed by atoms with van der Waals surface area (Å²) in [6, 6.07) is 20.5. The van der Waals surface area contributed by atoms with Gasteiger partial charge in [-0.25, -0.2) is 13.1 Å². The summed E-state index contributed by atoms with van der Waals surface area (Å²) in [5.74, 6) is -0.409. The maximum absolute atomic E-state index is 12.8. The molecule has 0 aliphatic rings. The van der Waals surface area contributed by atoms with Crippen molar-refractivity contribution >= 4 is 27.3 Å². The Morgan fingerprint density at radius 1 is 0.970 bits per heavy atom. The minimum atomic E-state index is -3.82. The van der Waals surface area contributed by atoms with Crippen molar-refractivity contribution < 1.29 is 18.1 Å². The van der Waals surface area contributed by atoms with Gasteiger partial charge in [-0.1, -0.05) is 36.4 Å². The number of rotatable bonds is 10. The molecule has 3 aromatic carbocycles. The molecule has 3 aromatic rings. The molecule has 0 aliphatic carbocycles. The third-order valence-electron chi connectivity index (χ3n) is 4.86. The zero-order chi connectivity index (χ0) is 23.8. The minimum Gasteiger partial charge on any atom is -0.383 e. The van der Waals surface area contributed by atoms with Gasteiger partial charge in [-0.2, -0.15) is 0 Å². The summed E-state index contributed by atoms with van der Waals surface area (Å²) in [7, 11) is -3.82. The van der Waals surface area contributed by atoms with Gasteiger partial charge in [-0.05, 0) is 42.8 Å². The topological polar surface area (TPSA) is 130 Å². The van der Waals surface area contributed by atoms with Crippen LogP contribution in [0, 0.1) is 10.1 Å². The first kappa shape index (κ1) is 23.9. The molecule has 0 spiro atoms. The van der Waals surface area contributed by atoms with Crippen LogP contribution in [0.3, 0.4) is 0 Å². The monoisotopic (exact) mass is 468 g/mol. The van der Waals surface area contributed by atoms with Crippen LogP contribution < -0.4 is 15.4 Å². The van der Waals surface area contributed by atoms with Crippen molar-refractivity contribution in [2.75, 3.05) is 18.4 Å². The van der Waals surface area contributed by atoms with Crippen molar-refractivity contribution in [2.45, 2.75) is 17.9 Å². The molecule has 0 heterocycles. The van der Waals surface area contributed by atoms with E-state index in [4.69, 9.17) is 0 Å². The van der Waals surface area contributed by atoms with E-state index in [2.05, 4.69) is 15.4 Å². The van der Waals surface area contributed by atoms with Crippen molar-refractivity contribution in [1.82, 2.24) is 10.0 Å². The van der Waals surface area contributed by atoms with E-state index in [1.165, 1.54) is 30.3 Å². The largest absolute Gasteiger partial charge is 0.383 e. The van der Waals surface area contributed by atoms with Gasteiger partial charge in [0.2, 0.25) is 10.0 Å². The Hall–Kier alpha value is -3.76. The standard InChI is InChI=1S/C23H24N4O5S/c1-17(18-6-3-2-4-7-18)26-33(31,32)22-9-5-8-19(16-22)23(28)25-15-14-24-20-10-12-21(13-11-20)27(29)30/h2-13,16-17,24,26H,14-15H2,1H3,(H,25,28)/t17-/m0/s1. The summed E-state index contributed by atoms with van der Waals surface area (Å²) < 4.78 is 28.2. The van der Waals surface area contributed by atoms with Gasteiger partial charge < -0.3 is 10.6 Å². The molecule has 0 bridgehead atoms. The number of amides is 1. The van der Waals surface area contributed by atoms with Crippen LogP contribution in [0.1, 0.15) is 28.9 Å². The van der Waals surface area contributed by atoms with Crippen LogP contribution in [0.4, 0.5) is 11.4 Å². The first-order chi connectivity index (χ1) is 15.8. The Morgan fingerprint density at radius 3 is 2.33 bits per heavy atom. The van der Waals surface area contributed by atoms with E-state index in [0.717, 1.165) is 5.56 Å². The molecule has 0 aliphatic heterocycles. The number of carbonyl (C=O) groups excluding carboxylic acids is 1. The highest BCUT2D eigenvalue weighted by Gasteiger charge is 2.19. The highest BCUT2D eigenvalue weighted by molar-refractivity contribution is 7.89. The van der Waals surface area contributed by atoms with Gasteiger partial charge >= 0.3 is 0 Å². The molecule has 0 unspecified atom stereocenters. The quantitative estimate of drug-likeness (QED) is 0.237. The van der Waals surface area contributed by atoms with Crippen molar-refractivity contribution in [3.8, 4) is 0 Å². The number of carbonyl (C=O) groups is 1. The second kappa shape index (κ2) is 10.7. The second-order valence-corrected chi connectivity index (χ2v) is 8.98. The SMILES string of the molecule is C[C@H](NS(=O)(=O)c1cccc(C(=O)NCCNc2ccc([N+](=O)[O-])cc2)c1)c1ccccc1. The summed E-state index contributed by atoms with van der Waals surface area (Å²) in [5.41, 5.74) is 1.73. The molecule has 33 heavy (non-hydrogen) atoms. The maximum atomic E-state index is 12.8. The number of nitro benzene ring substituents is 1. The third kappa shape index (κ3) is 6.61. The van der Waals surface area contributed by atoms with E-state index in [0.29, 0.717) is 12.2 Å². The number of benzene rings is 3. The summed E-state index contributed by atoms with van der Waals surface area (Å²) in [6.07, 6.45) is 0. The molecule has 1 amide bonds. The first-order valence-corrected chi connectivity index (χ1v) is 11.7. The molecule has 10 heteroatoms. The maximum Gasteiger partial charge on any atom is 0.269 e. The Bertz CT molecular complexity index is 1220. The molecule has 0 radical (unpaired) electrons. The highest BCUT2D eigenvalue weighted by atomic mass is 32.2. The van der Waals surface area contributed by atoms with Gasteiger partial charge in [0.05, 0.1) is 9.82 Å². The van der Waals surface area contributed by atoms with E-state index >= 15 is 0 Å². The molecule has 3 N–H and O–H groups in total. The zero-order valence-corrected chi connectivity index (χ0v) is 18.7. The van der Waals surface area contributed by atoms with Crippen molar-refractivity contribution in [3.63, 3.8) is 0 Å². The van der Waals surface area contributed by atoms with Crippen LogP contribution in [0.5, 0.6) is 0 Å². The lowest BCUT2D eigenvalue weighted by molar-refractivity contribution is -0.384. The number of hydrogen-bond donors (Lipinski definition) is 3. The predicted molar refractivity (Wildman–Crippen MR) is 126 cm³/mol. The lowest BCUT2D eigenvalue weighted by Crippen LogP contribution is -2.29. The molecular weight excluding hydrogens is 444 g/mol. The average molecular weight is 469 g/mol. The number of anilines is 1. The molecule has 0 fully saturated rings. The van der Waals surface area contributed by atoms with Crippen LogP contribution in [-0.4, -0.2) is 32.3 Å². The molecule has 0 saturated carbocycles. The van der Waals surface area contributed by atoms with Gasteiger partial charge in [-0.15, -0.1) is 0 Å². The average Bonchev–Trinajstić information content (AvgIpc) is 2.82. The normalized spacial score (nSPS) is 12.0. The van der Waals surface area contributed by atoms with E-state index in [9.17, 15) is 23.3 Å². The predicted octanol–water partition coefficient (Wildman–Crippen LogP) is 3.48. The fourth-order valence-corrected chi connectivity index (χ4v) is 4.38. The number of nitrogens with one attached hydrogen (secondary N) is 3. The zero-order valence-electron chi connectivity index (χ0n) is 17.9. The lowest BCUT2D eigenvalue weighted by atomic mass is 10.1. The van der Waals surface area contributed by atoms with Gasteiger partial charge in [0.25, 0.3) is 11.6 Å². The van der Waals surface area contributed by atoms with E-state index in [-0.39, 0.29) is 22.7 Å². The Kier molecular flexibility index (Phi) is 7.75. The Labute approximate surface area is 192 Å². The highest BCUT2D eigenvalue weighted by Crippen LogP contribution is 2.18. The van der Waals surface area contributed by atoms with E-state index in [1.807, 2.05) is 30.3 Å². The molecule has 0 saturated heterocycles. The number of nitro groups is 1. The second-order valence-electron chi connectivity index (χ2n) is 7.27. The smallest absolute Gasteiger partial charge is 0.269 e. The third-order valence-corrected chi connectivity index (χ3v) is 6.39. The van der Waals surface area contributed by atoms with Crippen LogP contribution in [0.25, 0.3) is 0 Å². The molecule has 3 rings (SSSR count). The molecule has 1 atom stereocenters. The fourth-order valence-electron chi connectivity index (χ4n) is 3.10. The molecule has 172 valence electrons. The number of sulfonamides is 1. The number of nitrogens with zero attached hydrogens (tertiary/aromatic N) is 1. The van der Waals surface area contributed by atoms with Crippen molar-refractivity contribution in [3.05, 3.63) is 100 Å². The lowest BCUT2D eigenvalue weighted by Gasteiger charge is -2.15. The minimum absolute atomic E-state index is 0.00179. The van der Waals surface area contributed by atoms with Gasteiger partial charge in [0.1, 0.15) is 0 Å². The number of non-ortho nitro benzene ring substituents is 1. The molecular formula is C23H24N4O5S. The molecule has 9 nitrogen and oxygen atoms in total. The summed E-state index contributed by atoms with van der Waals surface area (Å²) in [4.78, 5) is 22.7. The van der Waals surface area contributed by atoms with Crippen molar-refractivity contribution in [2.24, 2.45) is 0 Å². The van der Waals surface area contributed by atoms with Crippen LogP contribution in [-0.2, 0) is 10.0 Å².